The molecule has 0 nitrogen and oxygen atoms in total. The van der Waals surface area contributed by atoms with E-state index in [1.807, 2.05) is 0 Å². The highest BCUT2D eigenvalue weighted by Gasteiger charge is 2.20. The molecule has 2 rings (SSSR count). The molecule has 0 bridgehead atoms. The molecule has 0 spiro atoms. The van der Waals surface area contributed by atoms with Gasteiger partial charge in [-0.1, -0.05) is 73.7 Å². The van der Waals surface area contributed by atoms with Crippen molar-refractivity contribution in [1.29, 1.82) is 0 Å². The zero-order valence-electron chi connectivity index (χ0n) is 10.8. The predicted octanol–water partition coefficient (Wildman–Crippen LogP) is 4.08. The van der Waals surface area contributed by atoms with Crippen LogP contribution in [0.5, 0.6) is 0 Å². The Morgan fingerprint density at radius 2 is 1.39 bits per heavy atom. The normalized spacial score (nSPS) is 12.3. The molecule has 92 valence electrons. The molecule has 1 unspecified atom stereocenters. The van der Waals surface area contributed by atoms with Gasteiger partial charge in [0.15, 0.2) is 0 Å². The van der Waals surface area contributed by atoms with Gasteiger partial charge in [-0.2, -0.15) is 0 Å². The minimum Gasteiger partial charge on any atom is -0.102 e. The van der Waals surface area contributed by atoms with Crippen molar-refractivity contribution in [3.8, 4) is 0 Å². The van der Waals surface area contributed by atoms with Crippen LogP contribution < -0.4 is 10.6 Å². The van der Waals surface area contributed by atoms with Crippen LogP contribution in [0.15, 0.2) is 73.3 Å². The third-order valence-electron chi connectivity index (χ3n) is 3.09. The Hall–Kier alpha value is -1.39. The zero-order valence-corrected chi connectivity index (χ0v) is 11.7. The van der Waals surface area contributed by atoms with Crippen LogP contribution in [-0.2, 0) is 0 Å². The van der Waals surface area contributed by atoms with Crippen LogP contribution in [0, 0.1) is 0 Å². The van der Waals surface area contributed by atoms with Crippen molar-refractivity contribution in [2.24, 2.45) is 0 Å². The highest BCUT2D eigenvalue weighted by molar-refractivity contribution is 7.73. The molecule has 0 amide bonds. The summed E-state index contributed by atoms with van der Waals surface area (Å²) in [5, 5.41) is 2.87. The van der Waals surface area contributed by atoms with Gasteiger partial charge in [0.25, 0.3) is 0 Å². The topological polar surface area (TPSA) is 0 Å². The van der Waals surface area contributed by atoms with Gasteiger partial charge in [0.1, 0.15) is 0 Å². The second-order valence-corrected chi connectivity index (χ2v) is 6.69. The van der Waals surface area contributed by atoms with Gasteiger partial charge in [-0.25, -0.2) is 0 Å². The fourth-order valence-corrected chi connectivity index (χ4v) is 4.79. The predicted molar refractivity (Wildman–Crippen MR) is 83.3 cm³/mol. The Kier molecular flexibility index (Phi) is 4.73. The molecule has 0 aliphatic heterocycles. The third-order valence-corrected chi connectivity index (χ3v) is 6.04. The van der Waals surface area contributed by atoms with Crippen LogP contribution in [0.1, 0.15) is 13.3 Å². The molecule has 0 aliphatic carbocycles. The molecule has 1 heteroatoms. The van der Waals surface area contributed by atoms with Gasteiger partial charge in [-0.3, -0.25) is 0 Å². The Bertz CT molecular complexity index is 436. The molecule has 0 heterocycles. The van der Waals surface area contributed by atoms with E-state index in [9.17, 15) is 0 Å². The molecule has 0 saturated carbocycles. The number of allylic oxidation sites excluding steroid dienone is 1. The van der Waals surface area contributed by atoms with Crippen molar-refractivity contribution in [1.82, 2.24) is 0 Å². The largest absolute Gasteiger partial charge is 0.102 e. The summed E-state index contributed by atoms with van der Waals surface area (Å²) in [4.78, 5) is 0. The molecule has 2 aromatic rings. The van der Waals surface area contributed by atoms with Crippen molar-refractivity contribution in [2.45, 2.75) is 19.0 Å². The molecule has 2 aromatic carbocycles. The standard InChI is InChI=1S/C17H19P/c1-3-15(4-2)18(16-11-7-5-8-12-16)17-13-9-6-10-14-17/h3,5-15H,1,4H2,2H3. The van der Waals surface area contributed by atoms with Gasteiger partial charge in [0.05, 0.1) is 0 Å². The van der Waals surface area contributed by atoms with Crippen molar-refractivity contribution in [3.05, 3.63) is 73.3 Å². The molecular formula is C17H19P. The fourth-order valence-electron chi connectivity index (χ4n) is 2.16. The zero-order chi connectivity index (χ0) is 12.8. The maximum absolute atomic E-state index is 4.02. The monoisotopic (exact) mass is 254 g/mol. The average molecular weight is 254 g/mol. The van der Waals surface area contributed by atoms with Crippen LogP contribution in [-0.4, -0.2) is 5.66 Å². The van der Waals surface area contributed by atoms with E-state index in [2.05, 4.69) is 80.2 Å². The van der Waals surface area contributed by atoms with Crippen molar-refractivity contribution < 1.29 is 0 Å². The summed E-state index contributed by atoms with van der Waals surface area (Å²) in [6.45, 7) is 6.26. The van der Waals surface area contributed by atoms with Gasteiger partial charge in [-0.15, -0.1) is 6.58 Å². The van der Waals surface area contributed by atoms with Gasteiger partial charge in [0, 0.05) is 5.66 Å². The molecule has 0 fully saturated rings. The summed E-state index contributed by atoms with van der Waals surface area (Å²) in [6, 6.07) is 21.6. The van der Waals surface area contributed by atoms with Crippen molar-refractivity contribution in [3.63, 3.8) is 0 Å². The van der Waals surface area contributed by atoms with E-state index < -0.39 is 0 Å². The van der Waals surface area contributed by atoms with Crippen LogP contribution in [0.4, 0.5) is 0 Å². The first-order valence-corrected chi connectivity index (χ1v) is 7.79. The quantitative estimate of drug-likeness (QED) is 0.557. The average Bonchev–Trinajstić information content (AvgIpc) is 2.46. The van der Waals surface area contributed by atoms with Crippen LogP contribution in [0.3, 0.4) is 0 Å². The summed E-state index contributed by atoms with van der Waals surface area (Å²) in [6.07, 6.45) is 3.25. The van der Waals surface area contributed by atoms with E-state index in [4.69, 9.17) is 0 Å². The van der Waals surface area contributed by atoms with E-state index in [0.717, 1.165) is 6.42 Å². The van der Waals surface area contributed by atoms with Crippen LogP contribution in [0.25, 0.3) is 0 Å². The van der Waals surface area contributed by atoms with Gasteiger partial charge >= 0.3 is 0 Å². The van der Waals surface area contributed by atoms with Gasteiger partial charge < -0.3 is 0 Å². The molecule has 0 N–H and O–H groups in total. The molecule has 1 atom stereocenters. The summed E-state index contributed by atoms with van der Waals surface area (Å²) in [7, 11) is -0.333. The second kappa shape index (κ2) is 6.52. The fraction of sp³-hybridized carbons (Fsp3) is 0.176. The SMILES string of the molecule is C=CC(CC)P(c1ccccc1)c1ccccc1. The van der Waals surface area contributed by atoms with Crippen LogP contribution in [0.2, 0.25) is 0 Å². The highest BCUT2D eigenvalue weighted by atomic mass is 31.1. The number of benzene rings is 2. The van der Waals surface area contributed by atoms with Gasteiger partial charge in [0.2, 0.25) is 0 Å². The first kappa shape index (κ1) is 13.1. The Balaban J connectivity index is 2.44. The van der Waals surface area contributed by atoms with Gasteiger partial charge in [-0.05, 0) is 25.0 Å². The lowest BCUT2D eigenvalue weighted by Crippen LogP contribution is -2.19. The Morgan fingerprint density at radius 3 is 1.72 bits per heavy atom. The summed E-state index contributed by atoms with van der Waals surface area (Å²) in [5.41, 5.74) is 0.546. The van der Waals surface area contributed by atoms with E-state index in [1.165, 1.54) is 10.6 Å². The Morgan fingerprint density at radius 1 is 0.944 bits per heavy atom. The minimum absolute atomic E-state index is 0.333. The van der Waals surface area contributed by atoms with Crippen molar-refractivity contribution in [2.75, 3.05) is 0 Å². The maximum Gasteiger partial charge on any atom is 0.00453 e. The van der Waals surface area contributed by atoms with E-state index >= 15 is 0 Å². The molecule has 0 saturated heterocycles. The number of rotatable bonds is 5. The Labute approximate surface area is 111 Å². The molecule has 0 aromatic heterocycles. The highest BCUT2D eigenvalue weighted by Crippen LogP contribution is 2.41. The molecular weight excluding hydrogens is 235 g/mol. The lowest BCUT2D eigenvalue weighted by atomic mass is 10.3. The first-order chi connectivity index (χ1) is 8.86. The molecule has 0 radical (unpaired) electrons. The number of hydrogen-bond acceptors (Lipinski definition) is 0. The van der Waals surface area contributed by atoms with Crippen LogP contribution >= 0.6 is 7.92 Å². The minimum atomic E-state index is -0.333. The third kappa shape index (κ3) is 2.89. The van der Waals surface area contributed by atoms with E-state index in [0.29, 0.717) is 5.66 Å². The smallest absolute Gasteiger partial charge is 0.00453 e. The molecule has 0 aliphatic rings. The van der Waals surface area contributed by atoms with Crippen molar-refractivity contribution >= 4 is 18.5 Å². The second-order valence-electron chi connectivity index (χ2n) is 4.25. The lowest BCUT2D eigenvalue weighted by Gasteiger charge is -2.25. The summed E-state index contributed by atoms with van der Waals surface area (Å²) < 4.78 is 0. The first-order valence-electron chi connectivity index (χ1n) is 6.38. The van der Waals surface area contributed by atoms with E-state index in [-0.39, 0.29) is 7.92 Å². The molecule has 18 heavy (non-hydrogen) atoms. The lowest BCUT2D eigenvalue weighted by molar-refractivity contribution is 0.972. The maximum atomic E-state index is 4.02. The summed E-state index contributed by atoms with van der Waals surface area (Å²) in [5.74, 6) is 0. The van der Waals surface area contributed by atoms with E-state index in [1.54, 1.807) is 0 Å². The summed E-state index contributed by atoms with van der Waals surface area (Å²) >= 11 is 0. The number of hydrogen-bond donors (Lipinski definition) is 0.